The van der Waals surface area contributed by atoms with Crippen LogP contribution < -0.4 is 5.73 Å². The molecule has 82 valence electrons. The van der Waals surface area contributed by atoms with E-state index in [1.165, 1.54) is 30.5 Å². The Bertz CT molecular complexity index is 346. The SMILES string of the molecule is Cc1c(N)cccc1CN1CCCC1C. The van der Waals surface area contributed by atoms with Crippen molar-refractivity contribution in [3.05, 3.63) is 29.3 Å². The molecule has 1 heterocycles. The fourth-order valence-corrected chi connectivity index (χ4v) is 2.32. The van der Waals surface area contributed by atoms with Crippen LogP contribution in [0.25, 0.3) is 0 Å². The highest BCUT2D eigenvalue weighted by Gasteiger charge is 2.20. The maximum atomic E-state index is 5.91. The highest BCUT2D eigenvalue weighted by Crippen LogP contribution is 2.22. The number of rotatable bonds is 2. The van der Waals surface area contributed by atoms with E-state index in [1.807, 2.05) is 6.07 Å². The Morgan fingerprint density at radius 3 is 2.93 bits per heavy atom. The number of hydrogen-bond acceptors (Lipinski definition) is 2. The first-order valence-electron chi connectivity index (χ1n) is 5.76. The summed E-state index contributed by atoms with van der Waals surface area (Å²) in [6.07, 6.45) is 2.67. The molecule has 1 aromatic carbocycles. The van der Waals surface area contributed by atoms with Crippen LogP contribution in [0.3, 0.4) is 0 Å². The normalized spacial score (nSPS) is 22.1. The van der Waals surface area contributed by atoms with Crippen LogP contribution in [0.2, 0.25) is 0 Å². The van der Waals surface area contributed by atoms with E-state index in [4.69, 9.17) is 5.73 Å². The molecule has 0 amide bonds. The summed E-state index contributed by atoms with van der Waals surface area (Å²) < 4.78 is 0. The van der Waals surface area contributed by atoms with Gasteiger partial charge in [-0.2, -0.15) is 0 Å². The summed E-state index contributed by atoms with van der Waals surface area (Å²) >= 11 is 0. The van der Waals surface area contributed by atoms with Crippen molar-refractivity contribution in [1.29, 1.82) is 0 Å². The minimum absolute atomic E-state index is 0.728. The Balaban J connectivity index is 2.13. The molecule has 1 atom stereocenters. The zero-order valence-electron chi connectivity index (χ0n) is 9.66. The topological polar surface area (TPSA) is 29.3 Å². The summed E-state index contributed by atoms with van der Waals surface area (Å²) in [6, 6.07) is 6.95. The van der Waals surface area contributed by atoms with Crippen LogP contribution in [0, 0.1) is 6.92 Å². The molecule has 2 heteroatoms. The van der Waals surface area contributed by atoms with E-state index < -0.39 is 0 Å². The van der Waals surface area contributed by atoms with E-state index in [9.17, 15) is 0 Å². The third-order valence-electron chi connectivity index (χ3n) is 3.55. The van der Waals surface area contributed by atoms with Gasteiger partial charge in [-0.3, -0.25) is 4.90 Å². The number of likely N-dealkylation sites (tertiary alicyclic amines) is 1. The fourth-order valence-electron chi connectivity index (χ4n) is 2.32. The van der Waals surface area contributed by atoms with Gasteiger partial charge in [0.05, 0.1) is 0 Å². The molecule has 0 spiro atoms. The number of hydrogen-bond donors (Lipinski definition) is 1. The molecule has 2 rings (SSSR count). The summed E-state index contributed by atoms with van der Waals surface area (Å²) in [4.78, 5) is 2.54. The third-order valence-corrected chi connectivity index (χ3v) is 3.55. The van der Waals surface area contributed by atoms with E-state index in [2.05, 4.69) is 30.9 Å². The standard InChI is InChI=1S/C13H20N2/c1-10-5-4-8-15(10)9-12-6-3-7-13(14)11(12)2/h3,6-7,10H,4-5,8-9,14H2,1-2H3. The van der Waals surface area contributed by atoms with Gasteiger partial charge in [0.2, 0.25) is 0 Å². The van der Waals surface area contributed by atoms with E-state index >= 15 is 0 Å². The minimum atomic E-state index is 0.728. The van der Waals surface area contributed by atoms with Crippen molar-refractivity contribution < 1.29 is 0 Å². The Kier molecular flexibility index (Phi) is 2.96. The highest BCUT2D eigenvalue weighted by atomic mass is 15.2. The molecule has 0 aromatic heterocycles. The molecule has 2 N–H and O–H groups in total. The van der Waals surface area contributed by atoms with Crippen molar-refractivity contribution in [1.82, 2.24) is 4.90 Å². The summed E-state index contributed by atoms with van der Waals surface area (Å²) in [5.41, 5.74) is 9.45. The van der Waals surface area contributed by atoms with Crippen LogP contribution >= 0.6 is 0 Å². The van der Waals surface area contributed by atoms with Crippen LogP contribution in [-0.4, -0.2) is 17.5 Å². The van der Waals surface area contributed by atoms with Crippen molar-refractivity contribution in [3.63, 3.8) is 0 Å². The summed E-state index contributed by atoms with van der Waals surface area (Å²) in [5, 5.41) is 0. The number of nitrogens with two attached hydrogens (primary N) is 1. The molecule has 1 saturated heterocycles. The molecule has 2 nitrogen and oxygen atoms in total. The number of anilines is 1. The molecule has 0 radical (unpaired) electrons. The lowest BCUT2D eigenvalue weighted by atomic mass is 10.1. The van der Waals surface area contributed by atoms with Crippen LogP contribution in [0.5, 0.6) is 0 Å². The lowest BCUT2D eigenvalue weighted by Crippen LogP contribution is -2.26. The van der Waals surface area contributed by atoms with Crippen molar-refractivity contribution in [2.45, 2.75) is 39.3 Å². The average molecular weight is 204 g/mol. The molecule has 1 fully saturated rings. The monoisotopic (exact) mass is 204 g/mol. The largest absolute Gasteiger partial charge is 0.399 e. The second kappa shape index (κ2) is 4.23. The minimum Gasteiger partial charge on any atom is -0.399 e. The Morgan fingerprint density at radius 2 is 2.27 bits per heavy atom. The summed E-state index contributed by atoms with van der Waals surface area (Å²) in [6.45, 7) is 6.72. The first-order chi connectivity index (χ1) is 7.18. The van der Waals surface area contributed by atoms with Gasteiger partial charge < -0.3 is 5.73 Å². The predicted octanol–water partition coefficient (Wildman–Crippen LogP) is 2.56. The van der Waals surface area contributed by atoms with Crippen LogP contribution in [0.15, 0.2) is 18.2 Å². The van der Waals surface area contributed by atoms with Crippen molar-refractivity contribution in [2.75, 3.05) is 12.3 Å². The molecule has 1 aliphatic heterocycles. The summed E-state index contributed by atoms with van der Waals surface area (Å²) in [7, 11) is 0. The second-order valence-corrected chi connectivity index (χ2v) is 4.59. The molecule has 15 heavy (non-hydrogen) atoms. The second-order valence-electron chi connectivity index (χ2n) is 4.59. The number of nitrogen functional groups attached to an aromatic ring is 1. The first kappa shape index (κ1) is 10.5. The number of nitrogens with zero attached hydrogens (tertiary/aromatic N) is 1. The van der Waals surface area contributed by atoms with Crippen LogP contribution in [0.4, 0.5) is 5.69 Å². The molecule has 0 aliphatic carbocycles. The van der Waals surface area contributed by atoms with Gasteiger partial charge in [0.25, 0.3) is 0 Å². The smallest absolute Gasteiger partial charge is 0.0346 e. The molecule has 1 aromatic rings. The molecule has 1 unspecified atom stereocenters. The lowest BCUT2D eigenvalue weighted by molar-refractivity contribution is 0.260. The first-order valence-corrected chi connectivity index (χ1v) is 5.76. The van der Waals surface area contributed by atoms with Gasteiger partial charge in [0.15, 0.2) is 0 Å². The van der Waals surface area contributed by atoms with Crippen molar-refractivity contribution in [2.24, 2.45) is 0 Å². The van der Waals surface area contributed by atoms with Crippen LogP contribution in [-0.2, 0) is 6.54 Å². The van der Waals surface area contributed by atoms with E-state index in [1.54, 1.807) is 0 Å². The predicted molar refractivity (Wildman–Crippen MR) is 64.7 cm³/mol. The molecular formula is C13H20N2. The quantitative estimate of drug-likeness (QED) is 0.750. The molecule has 1 aliphatic rings. The van der Waals surface area contributed by atoms with Crippen molar-refractivity contribution >= 4 is 5.69 Å². The highest BCUT2D eigenvalue weighted by molar-refractivity contribution is 5.49. The van der Waals surface area contributed by atoms with Gasteiger partial charge in [-0.1, -0.05) is 12.1 Å². The molecule has 0 saturated carbocycles. The van der Waals surface area contributed by atoms with Gasteiger partial charge >= 0.3 is 0 Å². The zero-order valence-corrected chi connectivity index (χ0v) is 9.66. The zero-order chi connectivity index (χ0) is 10.8. The van der Waals surface area contributed by atoms with E-state index in [-0.39, 0.29) is 0 Å². The van der Waals surface area contributed by atoms with Gasteiger partial charge in [-0.25, -0.2) is 0 Å². The Labute approximate surface area is 92.1 Å². The maximum absolute atomic E-state index is 5.91. The van der Waals surface area contributed by atoms with Gasteiger partial charge in [0.1, 0.15) is 0 Å². The molecular weight excluding hydrogens is 184 g/mol. The Hall–Kier alpha value is -1.02. The fraction of sp³-hybridized carbons (Fsp3) is 0.538. The Morgan fingerprint density at radius 1 is 1.47 bits per heavy atom. The lowest BCUT2D eigenvalue weighted by Gasteiger charge is -2.22. The van der Waals surface area contributed by atoms with E-state index in [0.29, 0.717) is 0 Å². The average Bonchev–Trinajstić information content (AvgIpc) is 2.60. The molecule has 0 bridgehead atoms. The van der Waals surface area contributed by atoms with Gasteiger partial charge in [-0.05, 0) is 50.4 Å². The van der Waals surface area contributed by atoms with Crippen molar-refractivity contribution in [3.8, 4) is 0 Å². The third kappa shape index (κ3) is 2.15. The maximum Gasteiger partial charge on any atom is 0.0346 e. The van der Waals surface area contributed by atoms with Gasteiger partial charge in [0, 0.05) is 18.3 Å². The van der Waals surface area contributed by atoms with Crippen LogP contribution in [0.1, 0.15) is 30.9 Å². The summed E-state index contributed by atoms with van der Waals surface area (Å²) in [5.74, 6) is 0. The van der Waals surface area contributed by atoms with E-state index in [0.717, 1.165) is 18.3 Å². The van der Waals surface area contributed by atoms with Gasteiger partial charge in [-0.15, -0.1) is 0 Å². The number of benzene rings is 1.